The molecule has 1 aliphatic carbocycles. The summed E-state index contributed by atoms with van der Waals surface area (Å²) >= 11 is 0. The number of hydrogen-bond acceptors (Lipinski definition) is 2. The van der Waals surface area contributed by atoms with Crippen molar-refractivity contribution >= 4 is 5.91 Å². The largest absolute Gasteiger partial charge is 0.352 e. The summed E-state index contributed by atoms with van der Waals surface area (Å²) < 4.78 is 0. The monoisotopic (exact) mass is 184 g/mol. The van der Waals surface area contributed by atoms with Crippen LogP contribution in [0.5, 0.6) is 0 Å². The van der Waals surface area contributed by atoms with Crippen molar-refractivity contribution in [2.24, 2.45) is 5.41 Å². The molecule has 0 radical (unpaired) electrons. The number of amides is 1. The molecule has 3 nitrogen and oxygen atoms in total. The van der Waals surface area contributed by atoms with Crippen molar-refractivity contribution in [1.82, 2.24) is 10.6 Å². The molecule has 1 amide bonds. The van der Waals surface area contributed by atoms with E-state index in [0.717, 1.165) is 6.42 Å². The predicted molar refractivity (Wildman–Crippen MR) is 53.5 cm³/mol. The van der Waals surface area contributed by atoms with E-state index < -0.39 is 0 Å². The van der Waals surface area contributed by atoms with Gasteiger partial charge in [0.2, 0.25) is 5.91 Å². The van der Waals surface area contributed by atoms with Crippen LogP contribution in [0.4, 0.5) is 0 Å². The third-order valence-electron chi connectivity index (χ3n) is 2.93. The molecule has 0 aromatic rings. The summed E-state index contributed by atoms with van der Waals surface area (Å²) in [5, 5.41) is 5.93. The smallest absolute Gasteiger partial charge is 0.234 e. The maximum absolute atomic E-state index is 11.3. The normalized spacial score (nSPS) is 25.9. The van der Waals surface area contributed by atoms with Gasteiger partial charge in [-0.2, -0.15) is 0 Å². The molecule has 0 heterocycles. The van der Waals surface area contributed by atoms with E-state index in [-0.39, 0.29) is 11.3 Å². The van der Waals surface area contributed by atoms with Crippen molar-refractivity contribution < 1.29 is 4.79 Å². The second kappa shape index (κ2) is 4.09. The van der Waals surface area contributed by atoms with Gasteiger partial charge in [0.25, 0.3) is 0 Å². The Kier molecular flexibility index (Phi) is 3.31. The van der Waals surface area contributed by atoms with Gasteiger partial charge in [0.15, 0.2) is 0 Å². The topological polar surface area (TPSA) is 41.1 Å². The minimum Gasteiger partial charge on any atom is -0.352 e. The minimum atomic E-state index is 0.113. The van der Waals surface area contributed by atoms with Gasteiger partial charge in [-0.05, 0) is 25.3 Å². The van der Waals surface area contributed by atoms with Crippen molar-refractivity contribution in [3.8, 4) is 0 Å². The quantitative estimate of drug-likeness (QED) is 0.684. The molecule has 0 aromatic carbocycles. The van der Waals surface area contributed by atoms with Gasteiger partial charge in [-0.25, -0.2) is 0 Å². The van der Waals surface area contributed by atoms with Crippen LogP contribution in [0.1, 0.15) is 33.1 Å². The summed E-state index contributed by atoms with van der Waals surface area (Å²) in [5.74, 6) is 0.113. The number of likely N-dealkylation sites (N-methyl/N-ethyl adjacent to an activating group) is 1. The van der Waals surface area contributed by atoms with E-state index in [2.05, 4.69) is 24.5 Å². The van der Waals surface area contributed by atoms with E-state index in [4.69, 9.17) is 0 Å². The van der Waals surface area contributed by atoms with Gasteiger partial charge >= 0.3 is 0 Å². The number of rotatable bonds is 3. The second-order valence-electron chi connectivity index (χ2n) is 4.53. The standard InChI is InChI=1S/C10H20N2O/c1-10(2)6-4-5-8(10)12-9(13)7-11-3/h8,11H,4-7H2,1-3H3,(H,12,13). The zero-order valence-electron chi connectivity index (χ0n) is 8.81. The first-order chi connectivity index (χ1) is 6.06. The van der Waals surface area contributed by atoms with Gasteiger partial charge in [0.05, 0.1) is 6.54 Å². The molecule has 1 aliphatic rings. The number of carbonyl (C=O) groups is 1. The van der Waals surface area contributed by atoms with Crippen molar-refractivity contribution in [2.45, 2.75) is 39.2 Å². The molecule has 76 valence electrons. The van der Waals surface area contributed by atoms with Crippen LogP contribution in [0, 0.1) is 5.41 Å². The zero-order valence-corrected chi connectivity index (χ0v) is 8.81. The summed E-state index contributed by atoms with van der Waals surface area (Å²) in [5.41, 5.74) is 0.281. The lowest BCUT2D eigenvalue weighted by Gasteiger charge is -2.27. The summed E-state index contributed by atoms with van der Waals surface area (Å²) in [4.78, 5) is 11.3. The summed E-state index contributed by atoms with van der Waals surface area (Å²) in [6.07, 6.45) is 3.58. The van der Waals surface area contributed by atoms with Gasteiger partial charge in [-0.1, -0.05) is 20.3 Å². The van der Waals surface area contributed by atoms with Crippen LogP contribution in [0.15, 0.2) is 0 Å². The molecule has 1 fully saturated rings. The molecular weight excluding hydrogens is 164 g/mol. The molecule has 0 bridgehead atoms. The van der Waals surface area contributed by atoms with E-state index in [1.54, 1.807) is 7.05 Å². The highest BCUT2D eigenvalue weighted by molar-refractivity contribution is 5.78. The lowest BCUT2D eigenvalue weighted by Crippen LogP contribution is -2.44. The molecular formula is C10H20N2O. The highest BCUT2D eigenvalue weighted by Gasteiger charge is 2.34. The zero-order chi connectivity index (χ0) is 9.90. The molecule has 3 heteroatoms. The fourth-order valence-corrected chi connectivity index (χ4v) is 2.00. The van der Waals surface area contributed by atoms with Crippen LogP contribution in [-0.4, -0.2) is 25.5 Å². The fraction of sp³-hybridized carbons (Fsp3) is 0.900. The van der Waals surface area contributed by atoms with Crippen LogP contribution >= 0.6 is 0 Å². The second-order valence-corrected chi connectivity index (χ2v) is 4.53. The molecule has 13 heavy (non-hydrogen) atoms. The van der Waals surface area contributed by atoms with E-state index in [9.17, 15) is 4.79 Å². The molecule has 0 aliphatic heterocycles. The molecule has 1 unspecified atom stereocenters. The average Bonchev–Trinajstić information content (AvgIpc) is 2.31. The highest BCUT2D eigenvalue weighted by Crippen LogP contribution is 2.36. The predicted octanol–water partition coefficient (Wildman–Crippen LogP) is 0.901. The molecule has 0 spiro atoms. The summed E-state index contributed by atoms with van der Waals surface area (Å²) in [6.45, 7) is 4.88. The minimum absolute atomic E-state index is 0.113. The highest BCUT2D eigenvalue weighted by atomic mass is 16.1. The van der Waals surface area contributed by atoms with E-state index in [1.165, 1.54) is 12.8 Å². The van der Waals surface area contributed by atoms with Crippen molar-refractivity contribution in [2.75, 3.05) is 13.6 Å². The van der Waals surface area contributed by atoms with E-state index >= 15 is 0 Å². The Morgan fingerprint density at radius 1 is 1.54 bits per heavy atom. The first kappa shape index (κ1) is 10.5. The Hall–Kier alpha value is -0.570. The summed E-state index contributed by atoms with van der Waals surface area (Å²) in [7, 11) is 1.79. The van der Waals surface area contributed by atoms with Gasteiger partial charge in [-0.15, -0.1) is 0 Å². The van der Waals surface area contributed by atoms with E-state index in [1.807, 2.05) is 0 Å². The molecule has 1 rings (SSSR count). The van der Waals surface area contributed by atoms with Crippen LogP contribution in [0.2, 0.25) is 0 Å². The van der Waals surface area contributed by atoms with Crippen molar-refractivity contribution in [1.29, 1.82) is 0 Å². The van der Waals surface area contributed by atoms with Crippen LogP contribution < -0.4 is 10.6 Å². The lowest BCUT2D eigenvalue weighted by atomic mass is 9.87. The number of nitrogens with one attached hydrogen (secondary N) is 2. The van der Waals surface area contributed by atoms with Crippen molar-refractivity contribution in [3.63, 3.8) is 0 Å². The molecule has 0 aromatic heterocycles. The SMILES string of the molecule is CNCC(=O)NC1CCCC1(C)C. The van der Waals surface area contributed by atoms with Crippen molar-refractivity contribution in [3.05, 3.63) is 0 Å². The Bertz CT molecular complexity index is 189. The van der Waals surface area contributed by atoms with Crippen LogP contribution in [0.3, 0.4) is 0 Å². The lowest BCUT2D eigenvalue weighted by molar-refractivity contribution is -0.121. The molecule has 2 N–H and O–H groups in total. The maximum atomic E-state index is 11.3. The summed E-state index contributed by atoms with van der Waals surface area (Å²) in [6, 6.07) is 0.369. The van der Waals surface area contributed by atoms with Gasteiger partial charge in [-0.3, -0.25) is 4.79 Å². The Balaban J connectivity index is 2.40. The van der Waals surface area contributed by atoms with Crippen LogP contribution in [-0.2, 0) is 4.79 Å². The number of carbonyl (C=O) groups excluding carboxylic acids is 1. The average molecular weight is 184 g/mol. The van der Waals surface area contributed by atoms with Gasteiger partial charge < -0.3 is 10.6 Å². The maximum Gasteiger partial charge on any atom is 0.234 e. The van der Waals surface area contributed by atoms with Crippen LogP contribution in [0.25, 0.3) is 0 Å². The Labute approximate surface area is 80.3 Å². The first-order valence-corrected chi connectivity index (χ1v) is 5.00. The Morgan fingerprint density at radius 3 is 2.69 bits per heavy atom. The van der Waals surface area contributed by atoms with Gasteiger partial charge in [0.1, 0.15) is 0 Å². The van der Waals surface area contributed by atoms with E-state index in [0.29, 0.717) is 12.6 Å². The molecule has 1 atom stereocenters. The number of hydrogen-bond donors (Lipinski definition) is 2. The Morgan fingerprint density at radius 2 is 2.23 bits per heavy atom. The third kappa shape index (κ3) is 2.69. The molecule has 0 saturated heterocycles. The third-order valence-corrected chi connectivity index (χ3v) is 2.93. The van der Waals surface area contributed by atoms with Gasteiger partial charge in [0, 0.05) is 6.04 Å². The fourth-order valence-electron chi connectivity index (χ4n) is 2.00. The first-order valence-electron chi connectivity index (χ1n) is 5.00. The molecule has 1 saturated carbocycles.